The zero-order valence-electron chi connectivity index (χ0n) is 10.1. The number of anilines is 1. The maximum atomic E-state index is 11.8. The van der Waals surface area contributed by atoms with E-state index >= 15 is 0 Å². The molecule has 0 aliphatic heterocycles. The van der Waals surface area contributed by atoms with Gasteiger partial charge in [0.2, 0.25) is 5.91 Å². The summed E-state index contributed by atoms with van der Waals surface area (Å²) in [5, 5.41) is 2.72. The predicted octanol–water partition coefficient (Wildman–Crippen LogP) is 0.622. The number of H-pyrrole nitrogens is 1. The molecular weight excluding hydrogens is 230 g/mol. The van der Waals surface area contributed by atoms with Crippen molar-refractivity contribution in [2.75, 3.05) is 5.32 Å². The monoisotopic (exact) mass is 245 g/mol. The van der Waals surface area contributed by atoms with Crippen LogP contribution >= 0.6 is 0 Å². The van der Waals surface area contributed by atoms with Gasteiger partial charge in [0, 0.05) is 24.0 Å². The first-order valence-electron chi connectivity index (χ1n) is 5.61. The van der Waals surface area contributed by atoms with E-state index in [9.17, 15) is 4.79 Å². The molecule has 0 aromatic carbocycles. The second-order valence-corrected chi connectivity index (χ2v) is 4.06. The summed E-state index contributed by atoms with van der Waals surface area (Å²) < 4.78 is 0. The fourth-order valence-electron chi connectivity index (χ4n) is 1.50. The van der Waals surface area contributed by atoms with Gasteiger partial charge in [-0.15, -0.1) is 0 Å². The van der Waals surface area contributed by atoms with Crippen molar-refractivity contribution in [3.05, 3.63) is 42.2 Å². The smallest absolute Gasteiger partial charge is 0.241 e. The Labute approximate surface area is 105 Å². The normalized spacial score (nSPS) is 12.1. The molecule has 94 valence electrons. The second kappa shape index (κ2) is 5.42. The lowest BCUT2D eigenvalue weighted by Gasteiger charge is -2.11. The van der Waals surface area contributed by atoms with Crippen LogP contribution in [0.3, 0.4) is 0 Å². The van der Waals surface area contributed by atoms with Crippen molar-refractivity contribution in [2.24, 2.45) is 5.73 Å². The van der Waals surface area contributed by atoms with Gasteiger partial charge in [-0.2, -0.15) is 0 Å². The fourth-order valence-corrected chi connectivity index (χ4v) is 1.50. The van der Waals surface area contributed by atoms with E-state index < -0.39 is 6.04 Å². The van der Waals surface area contributed by atoms with E-state index in [1.165, 1.54) is 0 Å². The van der Waals surface area contributed by atoms with E-state index in [0.29, 0.717) is 12.1 Å². The molecule has 0 aliphatic rings. The molecule has 0 spiro atoms. The number of nitrogens with zero attached hydrogens (tertiary/aromatic N) is 2. The summed E-state index contributed by atoms with van der Waals surface area (Å²) in [5.41, 5.74) is 8.18. The lowest BCUT2D eigenvalue weighted by molar-refractivity contribution is -0.117. The third-order valence-electron chi connectivity index (χ3n) is 2.51. The molecule has 18 heavy (non-hydrogen) atoms. The molecule has 0 fully saturated rings. The van der Waals surface area contributed by atoms with Crippen LogP contribution < -0.4 is 11.1 Å². The van der Waals surface area contributed by atoms with Gasteiger partial charge in [-0.3, -0.25) is 9.78 Å². The summed E-state index contributed by atoms with van der Waals surface area (Å²) in [6.45, 7) is 1.88. The molecule has 1 amide bonds. The molecule has 0 saturated carbocycles. The van der Waals surface area contributed by atoms with Crippen LogP contribution in [-0.4, -0.2) is 26.9 Å². The third kappa shape index (κ3) is 3.14. The van der Waals surface area contributed by atoms with Crippen LogP contribution in [0.5, 0.6) is 0 Å². The highest BCUT2D eigenvalue weighted by atomic mass is 16.2. The quantitative estimate of drug-likeness (QED) is 0.735. The van der Waals surface area contributed by atoms with E-state index in [1.807, 2.05) is 13.0 Å². The molecule has 1 atom stereocenters. The highest BCUT2D eigenvalue weighted by molar-refractivity contribution is 5.94. The van der Waals surface area contributed by atoms with Gasteiger partial charge in [-0.25, -0.2) is 4.98 Å². The number of imidazole rings is 1. The predicted molar refractivity (Wildman–Crippen MR) is 67.9 cm³/mol. The minimum Gasteiger partial charge on any atom is -0.348 e. The van der Waals surface area contributed by atoms with Crippen LogP contribution in [0.2, 0.25) is 0 Å². The van der Waals surface area contributed by atoms with Crippen LogP contribution in [0.1, 0.15) is 11.4 Å². The van der Waals surface area contributed by atoms with E-state index in [4.69, 9.17) is 5.73 Å². The van der Waals surface area contributed by atoms with Gasteiger partial charge in [0.15, 0.2) is 0 Å². The Kier molecular flexibility index (Phi) is 3.69. The van der Waals surface area contributed by atoms with E-state index in [2.05, 4.69) is 20.3 Å². The molecule has 2 aromatic rings. The number of aromatic nitrogens is 3. The van der Waals surface area contributed by atoms with Gasteiger partial charge in [0.25, 0.3) is 0 Å². The van der Waals surface area contributed by atoms with Crippen molar-refractivity contribution < 1.29 is 4.79 Å². The number of hydrogen-bond acceptors (Lipinski definition) is 4. The second-order valence-electron chi connectivity index (χ2n) is 4.06. The first-order chi connectivity index (χ1) is 8.65. The Morgan fingerprint density at radius 2 is 2.33 bits per heavy atom. The number of carbonyl (C=O) groups excluding carboxylic acids is 1. The molecule has 6 heteroatoms. The van der Waals surface area contributed by atoms with Gasteiger partial charge >= 0.3 is 0 Å². The number of aromatic amines is 1. The summed E-state index contributed by atoms with van der Waals surface area (Å²) in [5.74, 6) is -0.241. The molecular formula is C12H15N5O. The first kappa shape index (κ1) is 12.3. The molecule has 2 rings (SSSR count). The van der Waals surface area contributed by atoms with Gasteiger partial charge < -0.3 is 16.0 Å². The Hall–Kier alpha value is -2.21. The van der Waals surface area contributed by atoms with Gasteiger partial charge in [0.1, 0.15) is 0 Å². The van der Waals surface area contributed by atoms with E-state index in [-0.39, 0.29) is 5.91 Å². The lowest BCUT2D eigenvalue weighted by Crippen LogP contribution is -2.37. The molecule has 2 heterocycles. The number of pyridine rings is 1. The van der Waals surface area contributed by atoms with Crippen LogP contribution in [0.25, 0.3) is 0 Å². The van der Waals surface area contributed by atoms with Crippen molar-refractivity contribution in [3.63, 3.8) is 0 Å². The largest absolute Gasteiger partial charge is 0.348 e. The highest BCUT2D eigenvalue weighted by Gasteiger charge is 2.14. The number of hydrogen-bond donors (Lipinski definition) is 3. The van der Waals surface area contributed by atoms with Crippen molar-refractivity contribution in [3.8, 4) is 0 Å². The number of amides is 1. The molecule has 0 unspecified atom stereocenters. The maximum Gasteiger partial charge on any atom is 0.241 e. The minimum absolute atomic E-state index is 0.241. The Balaban J connectivity index is 1.93. The van der Waals surface area contributed by atoms with Crippen LogP contribution in [-0.2, 0) is 11.2 Å². The zero-order valence-corrected chi connectivity index (χ0v) is 10.1. The van der Waals surface area contributed by atoms with E-state index in [0.717, 1.165) is 11.4 Å². The lowest BCUT2D eigenvalue weighted by atomic mass is 10.1. The summed E-state index contributed by atoms with van der Waals surface area (Å²) >= 11 is 0. The van der Waals surface area contributed by atoms with Crippen molar-refractivity contribution in [1.82, 2.24) is 15.0 Å². The summed E-state index contributed by atoms with van der Waals surface area (Å²) in [6, 6.07) is 3.01. The van der Waals surface area contributed by atoms with Gasteiger partial charge in [0.05, 0.1) is 24.3 Å². The molecule has 2 aromatic heterocycles. The number of nitrogens with two attached hydrogens (primary N) is 1. The van der Waals surface area contributed by atoms with Crippen LogP contribution in [0.15, 0.2) is 30.9 Å². The van der Waals surface area contributed by atoms with Crippen LogP contribution in [0, 0.1) is 6.92 Å². The number of aryl methyl sites for hydroxylation is 1. The average molecular weight is 245 g/mol. The van der Waals surface area contributed by atoms with Crippen molar-refractivity contribution >= 4 is 11.6 Å². The molecule has 0 radical (unpaired) electrons. The summed E-state index contributed by atoms with van der Waals surface area (Å²) in [7, 11) is 0. The van der Waals surface area contributed by atoms with Gasteiger partial charge in [-0.1, -0.05) is 0 Å². The zero-order chi connectivity index (χ0) is 13.0. The maximum absolute atomic E-state index is 11.8. The first-order valence-corrected chi connectivity index (χ1v) is 5.61. The number of carbonyl (C=O) groups is 1. The fraction of sp³-hybridized carbons (Fsp3) is 0.250. The molecule has 0 aliphatic carbocycles. The molecule has 6 nitrogen and oxygen atoms in total. The van der Waals surface area contributed by atoms with Crippen molar-refractivity contribution in [1.29, 1.82) is 0 Å². The average Bonchev–Trinajstić information content (AvgIpc) is 2.85. The summed E-state index contributed by atoms with van der Waals surface area (Å²) in [4.78, 5) is 22.7. The highest BCUT2D eigenvalue weighted by Crippen LogP contribution is 2.06. The minimum atomic E-state index is -0.619. The number of rotatable bonds is 4. The Morgan fingerprint density at radius 1 is 1.50 bits per heavy atom. The summed E-state index contributed by atoms with van der Waals surface area (Å²) in [6.07, 6.45) is 5.24. The SMILES string of the molecule is Cc1ccc(NC(=O)[C@@H](N)Cc2cnc[nH]2)cn1. The van der Waals surface area contributed by atoms with Crippen LogP contribution in [0.4, 0.5) is 5.69 Å². The molecule has 0 bridgehead atoms. The topological polar surface area (TPSA) is 96.7 Å². The van der Waals surface area contributed by atoms with Crippen molar-refractivity contribution in [2.45, 2.75) is 19.4 Å². The Morgan fingerprint density at radius 3 is 2.94 bits per heavy atom. The molecule has 0 saturated heterocycles. The number of nitrogens with one attached hydrogen (secondary N) is 2. The standard InChI is InChI=1S/C12H15N5O/c1-8-2-3-9(6-15-8)17-12(18)11(13)4-10-5-14-7-16-10/h2-3,5-7,11H,4,13H2,1H3,(H,14,16)(H,17,18)/t11-/m0/s1. The van der Waals surface area contributed by atoms with Gasteiger partial charge in [-0.05, 0) is 19.1 Å². The molecule has 4 N–H and O–H groups in total. The Bertz CT molecular complexity index is 506. The van der Waals surface area contributed by atoms with E-state index in [1.54, 1.807) is 24.8 Å². The third-order valence-corrected chi connectivity index (χ3v) is 2.51.